The third-order valence-corrected chi connectivity index (χ3v) is 4.64. The molecule has 1 aromatic carbocycles. The van der Waals surface area contributed by atoms with Gasteiger partial charge in [-0.3, -0.25) is 4.79 Å². The monoisotopic (exact) mass is 350 g/mol. The lowest BCUT2D eigenvalue weighted by Gasteiger charge is -2.37. The highest BCUT2D eigenvalue weighted by atomic mass is 35.5. The largest absolute Gasteiger partial charge is 0.481 e. The van der Waals surface area contributed by atoms with Gasteiger partial charge in [-0.15, -0.1) is 0 Å². The van der Waals surface area contributed by atoms with Crippen molar-refractivity contribution in [3.8, 4) is 0 Å². The van der Waals surface area contributed by atoms with E-state index >= 15 is 0 Å². The average molecular weight is 352 g/mol. The molecule has 1 aromatic rings. The summed E-state index contributed by atoms with van der Waals surface area (Å²) in [7, 11) is 0. The Hall–Kier alpha value is -1.17. The van der Waals surface area contributed by atoms with Crippen LogP contribution in [0.1, 0.15) is 19.3 Å². The van der Waals surface area contributed by atoms with Crippen LogP contribution in [-0.2, 0) is 4.79 Å². The van der Waals surface area contributed by atoms with Crippen molar-refractivity contribution in [2.75, 3.05) is 11.9 Å². The summed E-state index contributed by atoms with van der Waals surface area (Å²) in [4.78, 5) is 23.0. The minimum atomic E-state index is -0.887. The summed E-state index contributed by atoms with van der Waals surface area (Å²) in [6.45, 7) is 0.0765. The molecule has 0 aromatic heterocycles. The molecule has 0 spiro atoms. The Balaban J connectivity index is 1.96. The third-order valence-electron chi connectivity index (χ3n) is 3.61. The molecule has 8 heteroatoms. The van der Waals surface area contributed by atoms with Crippen molar-refractivity contribution in [1.29, 1.82) is 0 Å². The summed E-state index contributed by atoms with van der Waals surface area (Å²) in [5.74, 6) is -0.887. The molecule has 21 heavy (non-hydrogen) atoms. The number of amides is 2. The smallest absolute Gasteiger partial charge is 0.319 e. The van der Waals surface area contributed by atoms with Crippen molar-refractivity contribution in [3.05, 3.63) is 27.2 Å². The lowest BCUT2D eigenvalue weighted by molar-refractivity contribution is -0.153. The Morgan fingerprint density at radius 2 is 1.76 bits per heavy atom. The van der Waals surface area contributed by atoms with Gasteiger partial charge in [-0.2, -0.15) is 0 Å². The molecule has 0 unspecified atom stereocenters. The zero-order valence-corrected chi connectivity index (χ0v) is 13.1. The topological polar surface area (TPSA) is 78.4 Å². The average Bonchev–Trinajstić information content (AvgIpc) is 2.34. The number of hydrogen-bond donors (Lipinski definition) is 3. The molecule has 2 amide bonds. The number of carbonyl (C=O) groups is 2. The number of aliphatic carboxylic acids is 1. The zero-order chi connectivity index (χ0) is 15.6. The van der Waals surface area contributed by atoms with Gasteiger partial charge in [-0.05, 0) is 25.0 Å². The first-order chi connectivity index (χ1) is 9.84. The molecule has 0 radical (unpaired) electrons. The highest BCUT2D eigenvalue weighted by molar-refractivity contribution is 6.44. The van der Waals surface area contributed by atoms with Crippen molar-refractivity contribution >= 4 is 52.5 Å². The number of carboxylic acids is 1. The summed E-state index contributed by atoms with van der Waals surface area (Å²) in [6.07, 6.45) is 1.99. The lowest BCUT2D eigenvalue weighted by atomic mass is 9.69. The number of urea groups is 1. The Kier molecular flexibility index (Phi) is 4.86. The minimum Gasteiger partial charge on any atom is -0.481 e. The van der Waals surface area contributed by atoms with E-state index in [2.05, 4.69) is 10.6 Å². The van der Waals surface area contributed by atoms with E-state index in [1.807, 2.05) is 0 Å². The van der Waals surface area contributed by atoms with Crippen LogP contribution in [0.5, 0.6) is 0 Å². The van der Waals surface area contributed by atoms with Gasteiger partial charge in [0.05, 0.1) is 26.2 Å². The molecular weight excluding hydrogens is 339 g/mol. The highest BCUT2D eigenvalue weighted by Crippen LogP contribution is 2.40. The molecule has 0 heterocycles. The quantitative estimate of drug-likeness (QED) is 0.717. The Labute approximate surface area is 136 Å². The fraction of sp³-hybridized carbons (Fsp3) is 0.385. The number of carbonyl (C=O) groups excluding carboxylic acids is 1. The SMILES string of the molecule is O=C(NCC1(C(=O)O)CCC1)Nc1cc(Cl)c(Cl)cc1Cl. The van der Waals surface area contributed by atoms with Crippen LogP contribution in [0.15, 0.2) is 12.1 Å². The standard InChI is InChI=1S/C13H13Cl3N2O3/c14-7-4-9(16)10(5-8(7)15)18-12(21)17-6-13(11(19)20)2-1-3-13/h4-5H,1-3,6H2,(H,19,20)(H2,17,18,21). The van der Waals surface area contributed by atoms with Crippen molar-refractivity contribution in [3.63, 3.8) is 0 Å². The predicted octanol–water partition coefficient (Wildman–Crippen LogP) is 4.02. The van der Waals surface area contributed by atoms with Crippen LogP contribution in [0, 0.1) is 5.41 Å². The normalized spacial score (nSPS) is 16.0. The number of hydrogen-bond acceptors (Lipinski definition) is 2. The lowest BCUT2D eigenvalue weighted by Crippen LogP contribution is -2.48. The summed E-state index contributed by atoms with van der Waals surface area (Å²) < 4.78 is 0. The molecule has 0 aliphatic heterocycles. The number of carboxylic acid groups (broad SMARTS) is 1. The van der Waals surface area contributed by atoms with Gasteiger partial charge in [-0.25, -0.2) is 4.79 Å². The maximum absolute atomic E-state index is 11.8. The van der Waals surface area contributed by atoms with Gasteiger partial charge in [0.15, 0.2) is 0 Å². The van der Waals surface area contributed by atoms with E-state index in [9.17, 15) is 14.7 Å². The first-order valence-corrected chi connectivity index (χ1v) is 7.40. The fourth-order valence-electron chi connectivity index (χ4n) is 2.10. The van der Waals surface area contributed by atoms with Crippen molar-refractivity contribution in [2.45, 2.75) is 19.3 Å². The molecule has 0 saturated heterocycles. The van der Waals surface area contributed by atoms with E-state index in [1.165, 1.54) is 12.1 Å². The van der Waals surface area contributed by atoms with Gasteiger partial charge in [0, 0.05) is 6.54 Å². The molecule has 3 N–H and O–H groups in total. The number of nitrogens with one attached hydrogen (secondary N) is 2. The van der Waals surface area contributed by atoms with Gasteiger partial charge in [0.25, 0.3) is 0 Å². The van der Waals surface area contributed by atoms with Crippen LogP contribution in [0.3, 0.4) is 0 Å². The molecule has 1 fully saturated rings. The number of rotatable bonds is 4. The maximum Gasteiger partial charge on any atom is 0.319 e. The van der Waals surface area contributed by atoms with Gasteiger partial charge in [0.2, 0.25) is 0 Å². The van der Waals surface area contributed by atoms with Crippen LogP contribution >= 0.6 is 34.8 Å². The summed E-state index contributed by atoms with van der Waals surface area (Å²) >= 11 is 17.6. The molecule has 0 atom stereocenters. The second kappa shape index (κ2) is 6.30. The van der Waals surface area contributed by atoms with Crippen LogP contribution in [0.4, 0.5) is 10.5 Å². The molecule has 5 nitrogen and oxygen atoms in total. The van der Waals surface area contributed by atoms with E-state index < -0.39 is 17.4 Å². The van der Waals surface area contributed by atoms with Crippen molar-refractivity contribution in [2.24, 2.45) is 5.41 Å². The first-order valence-electron chi connectivity index (χ1n) is 6.27. The van der Waals surface area contributed by atoms with E-state index in [0.717, 1.165) is 6.42 Å². The summed E-state index contributed by atoms with van der Waals surface area (Å²) in [5, 5.41) is 15.0. The summed E-state index contributed by atoms with van der Waals surface area (Å²) in [5.41, 5.74) is -0.541. The molecule has 1 aliphatic carbocycles. The van der Waals surface area contributed by atoms with Crippen LogP contribution in [0.25, 0.3) is 0 Å². The van der Waals surface area contributed by atoms with E-state index in [4.69, 9.17) is 34.8 Å². The van der Waals surface area contributed by atoms with Crippen LogP contribution in [0.2, 0.25) is 15.1 Å². The predicted molar refractivity (Wildman–Crippen MR) is 82.4 cm³/mol. The second-order valence-electron chi connectivity index (χ2n) is 4.99. The van der Waals surface area contributed by atoms with Gasteiger partial charge >= 0.3 is 12.0 Å². The van der Waals surface area contributed by atoms with Gasteiger partial charge < -0.3 is 15.7 Å². The Morgan fingerprint density at radius 3 is 2.29 bits per heavy atom. The molecule has 1 saturated carbocycles. The Morgan fingerprint density at radius 1 is 1.14 bits per heavy atom. The van der Waals surface area contributed by atoms with E-state index in [1.54, 1.807) is 0 Å². The van der Waals surface area contributed by atoms with Crippen LogP contribution in [-0.4, -0.2) is 23.7 Å². The minimum absolute atomic E-state index is 0.0765. The number of benzene rings is 1. The summed E-state index contributed by atoms with van der Waals surface area (Å²) in [6, 6.07) is 2.32. The Bertz CT molecular complexity index is 588. The molecule has 114 valence electrons. The molecule has 2 rings (SSSR count). The van der Waals surface area contributed by atoms with Gasteiger partial charge in [-0.1, -0.05) is 41.2 Å². The highest BCUT2D eigenvalue weighted by Gasteiger charge is 2.44. The van der Waals surface area contributed by atoms with E-state index in [-0.39, 0.29) is 21.6 Å². The first kappa shape index (κ1) is 16.2. The van der Waals surface area contributed by atoms with Crippen molar-refractivity contribution in [1.82, 2.24) is 5.32 Å². The molecule has 1 aliphatic rings. The number of anilines is 1. The van der Waals surface area contributed by atoms with Crippen molar-refractivity contribution < 1.29 is 14.7 Å². The number of halogens is 3. The van der Waals surface area contributed by atoms with Gasteiger partial charge in [0.1, 0.15) is 0 Å². The molecule has 0 bridgehead atoms. The molecular formula is C13H13Cl3N2O3. The van der Waals surface area contributed by atoms with Crippen LogP contribution < -0.4 is 10.6 Å². The maximum atomic E-state index is 11.8. The second-order valence-corrected chi connectivity index (χ2v) is 6.21. The third kappa shape index (κ3) is 3.54. The zero-order valence-electron chi connectivity index (χ0n) is 10.9. The fourth-order valence-corrected chi connectivity index (χ4v) is 2.70. The van der Waals surface area contributed by atoms with E-state index in [0.29, 0.717) is 18.5 Å².